The molecule has 1 saturated carbocycles. The van der Waals surface area contributed by atoms with E-state index in [-0.39, 0.29) is 0 Å². The Morgan fingerprint density at radius 1 is 1.21 bits per heavy atom. The molecule has 5 nitrogen and oxygen atoms in total. The maximum Gasteiger partial charge on any atom is 0.107 e. The maximum absolute atomic E-state index is 9.30. The van der Waals surface area contributed by atoms with Crippen molar-refractivity contribution in [1.29, 1.82) is 5.26 Å². The van der Waals surface area contributed by atoms with Crippen LogP contribution in [0.2, 0.25) is 0 Å². The zero-order valence-corrected chi connectivity index (χ0v) is 14.3. The summed E-state index contributed by atoms with van der Waals surface area (Å²) in [6, 6.07) is 6.68. The van der Waals surface area contributed by atoms with Gasteiger partial charge < -0.3 is 10.1 Å². The lowest BCUT2D eigenvalue weighted by molar-refractivity contribution is 0.185. The predicted molar refractivity (Wildman–Crippen MR) is 93.7 cm³/mol. The molecule has 1 N–H and O–H groups in total. The molecule has 1 aromatic carbocycles. The van der Waals surface area contributed by atoms with E-state index in [4.69, 9.17) is 4.74 Å². The smallest absolute Gasteiger partial charge is 0.107 e. The van der Waals surface area contributed by atoms with Gasteiger partial charge in [0.1, 0.15) is 11.6 Å². The number of hydrogen-bond acceptors (Lipinski definition) is 5. The monoisotopic (exact) mass is 324 g/mol. The summed E-state index contributed by atoms with van der Waals surface area (Å²) >= 11 is 0. The number of nitriles is 1. The zero-order valence-electron chi connectivity index (χ0n) is 14.3. The SMILES string of the molecule is COCCN[C@@H]1C[C@H](C)C[C@H](c2ccc(C#N)c3nccnc23)C1. The Labute approximate surface area is 143 Å². The second kappa shape index (κ2) is 7.69. The van der Waals surface area contributed by atoms with Gasteiger partial charge in [-0.1, -0.05) is 13.0 Å². The Morgan fingerprint density at radius 2 is 2.00 bits per heavy atom. The molecule has 0 bridgehead atoms. The molecule has 24 heavy (non-hydrogen) atoms. The van der Waals surface area contributed by atoms with Crippen LogP contribution in [0.5, 0.6) is 0 Å². The molecule has 5 heteroatoms. The minimum absolute atomic E-state index is 0.445. The van der Waals surface area contributed by atoms with E-state index in [2.05, 4.69) is 34.3 Å². The van der Waals surface area contributed by atoms with Crippen molar-refractivity contribution in [1.82, 2.24) is 15.3 Å². The van der Waals surface area contributed by atoms with Crippen LogP contribution in [0.4, 0.5) is 0 Å². The third-order valence-corrected chi connectivity index (χ3v) is 4.90. The molecule has 1 aliphatic carbocycles. The molecule has 0 aliphatic heterocycles. The molecule has 0 saturated heterocycles. The van der Waals surface area contributed by atoms with Crippen LogP contribution in [0, 0.1) is 17.2 Å². The fraction of sp³-hybridized carbons (Fsp3) is 0.526. The van der Waals surface area contributed by atoms with Crippen molar-refractivity contribution >= 4 is 11.0 Å². The molecule has 1 aliphatic rings. The van der Waals surface area contributed by atoms with Crippen LogP contribution >= 0.6 is 0 Å². The lowest BCUT2D eigenvalue weighted by Crippen LogP contribution is -2.38. The summed E-state index contributed by atoms with van der Waals surface area (Å²) in [6.07, 6.45) is 6.81. The van der Waals surface area contributed by atoms with Gasteiger partial charge in [0.25, 0.3) is 0 Å². The summed E-state index contributed by atoms with van der Waals surface area (Å²) in [5.74, 6) is 1.10. The van der Waals surface area contributed by atoms with Crippen LogP contribution in [-0.2, 0) is 4.74 Å². The topological polar surface area (TPSA) is 70.8 Å². The lowest BCUT2D eigenvalue weighted by atomic mass is 9.75. The number of fused-ring (bicyclic) bond motifs is 1. The molecule has 3 atom stereocenters. The van der Waals surface area contributed by atoms with Crippen molar-refractivity contribution in [3.8, 4) is 6.07 Å². The number of nitrogens with one attached hydrogen (secondary N) is 1. The lowest BCUT2D eigenvalue weighted by Gasteiger charge is -2.34. The molecule has 1 fully saturated rings. The molecular formula is C19H24N4O. The third-order valence-electron chi connectivity index (χ3n) is 4.90. The number of benzene rings is 1. The summed E-state index contributed by atoms with van der Waals surface area (Å²) in [5.41, 5.74) is 3.42. The highest BCUT2D eigenvalue weighted by Gasteiger charge is 2.29. The van der Waals surface area contributed by atoms with Gasteiger partial charge >= 0.3 is 0 Å². The first-order chi connectivity index (χ1) is 11.7. The molecule has 1 heterocycles. The molecule has 1 aromatic heterocycles. The van der Waals surface area contributed by atoms with E-state index in [1.165, 1.54) is 12.0 Å². The van der Waals surface area contributed by atoms with Crippen LogP contribution in [0.15, 0.2) is 24.5 Å². The highest BCUT2D eigenvalue weighted by Crippen LogP contribution is 2.38. The molecule has 0 radical (unpaired) electrons. The first kappa shape index (κ1) is 16.8. The number of rotatable bonds is 5. The number of nitrogens with zero attached hydrogens (tertiary/aromatic N) is 3. The standard InChI is InChI=1S/C19H24N4O/c1-13-9-15(11-16(10-13)21-7-8-24-2)17-4-3-14(12-20)18-19(17)23-6-5-22-18/h3-6,13,15-16,21H,7-11H2,1-2H3/t13-,15+,16-/m1/s1. The second-order valence-electron chi connectivity index (χ2n) is 6.72. The van der Waals surface area contributed by atoms with E-state index >= 15 is 0 Å². The van der Waals surface area contributed by atoms with Crippen LogP contribution in [0.1, 0.15) is 43.2 Å². The minimum atomic E-state index is 0.445. The number of methoxy groups -OCH3 is 1. The molecule has 0 spiro atoms. The largest absolute Gasteiger partial charge is 0.383 e. The average Bonchev–Trinajstić information content (AvgIpc) is 2.60. The van der Waals surface area contributed by atoms with E-state index in [9.17, 15) is 5.26 Å². The number of hydrogen-bond donors (Lipinski definition) is 1. The van der Waals surface area contributed by atoms with Gasteiger partial charge in [-0.25, -0.2) is 0 Å². The Hall–Kier alpha value is -2.03. The van der Waals surface area contributed by atoms with Gasteiger partial charge in [0, 0.05) is 32.1 Å². The van der Waals surface area contributed by atoms with Gasteiger partial charge in [-0.15, -0.1) is 0 Å². The van der Waals surface area contributed by atoms with E-state index in [1.54, 1.807) is 19.5 Å². The summed E-state index contributed by atoms with van der Waals surface area (Å²) in [6.45, 7) is 3.93. The normalized spacial score (nSPS) is 24.0. The van der Waals surface area contributed by atoms with E-state index < -0.39 is 0 Å². The first-order valence-corrected chi connectivity index (χ1v) is 8.59. The van der Waals surface area contributed by atoms with Gasteiger partial charge in [-0.05, 0) is 42.7 Å². The minimum Gasteiger partial charge on any atom is -0.383 e. The predicted octanol–water partition coefficient (Wildman–Crippen LogP) is 3.01. The number of ether oxygens (including phenoxy) is 1. The fourth-order valence-electron chi connectivity index (χ4n) is 3.89. The fourth-order valence-corrected chi connectivity index (χ4v) is 3.89. The maximum atomic E-state index is 9.30. The van der Waals surface area contributed by atoms with E-state index in [0.29, 0.717) is 23.4 Å². The van der Waals surface area contributed by atoms with Crippen molar-refractivity contribution in [2.24, 2.45) is 5.92 Å². The van der Waals surface area contributed by atoms with Crippen LogP contribution in [0.25, 0.3) is 11.0 Å². The first-order valence-electron chi connectivity index (χ1n) is 8.59. The van der Waals surface area contributed by atoms with Crippen molar-refractivity contribution in [2.75, 3.05) is 20.3 Å². The molecule has 0 unspecified atom stereocenters. The third kappa shape index (κ3) is 3.55. The van der Waals surface area contributed by atoms with Crippen LogP contribution < -0.4 is 5.32 Å². The highest BCUT2D eigenvalue weighted by atomic mass is 16.5. The van der Waals surface area contributed by atoms with Gasteiger partial charge in [-0.3, -0.25) is 9.97 Å². The summed E-state index contributed by atoms with van der Waals surface area (Å²) in [4.78, 5) is 8.93. The quantitative estimate of drug-likeness (QED) is 0.856. The van der Waals surface area contributed by atoms with Crippen molar-refractivity contribution in [3.05, 3.63) is 35.7 Å². The van der Waals surface area contributed by atoms with Crippen molar-refractivity contribution in [2.45, 2.75) is 38.1 Å². The summed E-state index contributed by atoms with van der Waals surface area (Å²) in [5, 5.41) is 12.9. The zero-order chi connectivity index (χ0) is 16.9. The Morgan fingerprint density at radius 3 is 2.75 bits per heavy atom. The molecule has 126 valence electrons. The van der Waals surface area contributed by atoms with Gasteiger partial charge in [0.2, 0.25) is 0 Å². The van der Waals surface area contributed by atoms with Crippen molar-refractivity contribution < 1.29 is 4.74 Å². The number of aromatic nitrogens is 2. The van der Waals surface area contributed by atoms with E-state index in [1.807, 2.05) is 6.07 Å². The molecule has 0 amide bonds. The summed E-state index contributed by atoms with van der Waals surface area (Å²) in [7, 11) is 1.73. The molecular weight excluding hydrogens is 300 g/mol. The van der Waals surface area contributed by atoms with E-state index in [0.717, 1.165) is 37.0 Å². The highest BCUT2D eigenvalue weighted by molar-refractivity contribution is 5.83. The Kier molecular flexibility index (Phi) is 5.39. The second-order valence-corrected chi connectivity index (χ2v) is 6.72. The average molecular weight is 324 g/mol. The summed E-state index contributed by atoms with van der Waals surface area (Å²) < 4.78 is 5.14. The Balaban J connectivity index is 1.88. The molecule has 3 rings (SSSR count). The van der Waals surface area contributed by atoms with Crippen molar-refractivity contribution in [3.63, 3.8) is 0 Å². The van der Waals surface area contributed by atoms with Gasteiger partial charge in [0.15, 0.2) is 0 Å². The van der Waals surface area contributed by atoms with Gasteiger partial charge in [0.05, 0.1) is 17.7 Å². The van der Waals surface area contributed by atoms with Crippen LogP contribution in [0.3, 0.4) is 0 Å². The van der Waals surface area contributed by atoms with Gasteiger partial charge in [-0.2, -0.15) is 5.26 Å². The molecule has 2 aromatic rings. The van der Waals surface area contributed by atoms with Crippen LogP contribution in [-0.4, -0.2) is 36.3 Å². The Bertz CT molecular complexity index is 740.